The van der Waals surface area contributed by atoms with Crippen LogP contribution >= 0.6 is 0 Å². The van der Waals surface area contributed by atoms with Crippen molar-refractivity contribution in [2.75, 3.05) is 42.9 Å². The minimum Gasteiger partial charge on any atom is -0.454 e. The van der Waals surface area contributed by atoms with Gasteiger partial charge in [0.25, 0.3) is 0 Å². The van der Waals surface area contributed by atoms with Crippen LogP contribution in [0.1, 0.15) is 50.4 Å². The van der Waals surface area contributed by atoms with Gasteiger partial charge in [0.1, 0.15) is 6.07 Å². The van der Waals surface area contributed by atoms with Gasteiger partial charge in [-0.3, -0.25) is 0 Å². The molecule has 3 heterocycles. The van der Waals surface area contributed by atoms with E-state index in [2.05, 4.69) is 38.8 Å². The van der Waals surface area contributed by atoms with E-state index < -0.39 is 0 Å². The molecule has 1 aliphatic carbocycles. The summed E-state index contributed by atoms with van der Waals surface area (Å²) in [5.74, 6) is 3.60. The first-order chi connectivity index (χ1) is 16.2. The first kappa shape index (κ1) is 21.7. The van der Waals surface area contributed by atoms with Gasteiger partial charge >= 0.3 is 0 Å². The molecule has 0 spiro atoms. The molecule has 5 rings (SSSR count). The first-order valence-electron chi connectivity index (χ1n) is 11.9. The first-order valence-corrected chi connectivity index (χ1v) is 11.9. The van der Waals surface area contributed by atoms with Crippen molar-refractivity contribution in [2.24, 2.45) is 5.92 Å². The number of aromatic nitrogens is 3. The van der Waals surface area contributed by atoms with Gasteiger partial charge in [-0.25, -0.2) is 0 Å². The van der Waals surface area contributed by atoms with Crippen molar-refractivity contribution in [3.63, 3.8) is 0 Å². The van der Waals surface area contributed by atoms with E-state index in [1.54, 1.807) is 0 Å². The average Bonchev–Trinajstić information content (AvgIpc) is 3.35. The van der Waals surface area contributed by atoms with Gasteiger partial charge < -0.3 is 24.0 Å². The number of anilines is 2. The summed E-state index contributed by atoms with van der Waals surface area (Å²) in [6, 6.07) is 8.49. The normalized spacial score (nSPS) is 22.1. The van der Waals surface area contributed by atoms with Gasteiger partial charge in [-0.15, -0.1) is 0 Å². The van der Waals surface area contributed by atoms with Gasteiger partial charge in [-0.1, -0.05) is 19.4 Å². The lowest BCUT2D eigenvalue weighted by Crippen LogP contribution is -2.41. The van der Waals surface area contributed by atoms with Gasteiger partial charge in [0.2, 0.25) is 24.5 Å². The van der Waals surface area contributed by atoms with Crippen LogP contribution in [0.15, 0.2) is 18.2 Å². The average molecular weight is 451 g/mol. The summed E-state index contributed by atoms with van der Waals surface area (Å²) in [6.07, 6.45) is 5.80. The predicted octanol–water partition coefficient (Wildman–Crippen LogP) is 3.28. The lowest BCUT2D eigenvalue weighted by molar-refractivity contribution is 0.122. The molecule has 2 aromatic rings. The molecule has 0 atom stereocenters. The Balaban J connectivity index is 1.47. The minimum absolute atomic E-state index is 0.152. The molecule has 33 heavy (non-hydrogen) atoms. The van der Waals surface area contributed by atoms with E-state index in [9.17, 15) is 5.26 Å². The van der Waals surface area contributed by atoms with Crippen molar-refractivity contribution in [1.82, 2.24) is 15.0 Å². The summed E-state index contributed by atoms with van der Waals surface area (Å²) in [4.78, 5) is 18.2. The topological polar surface area (TPSA) is 96.6 Å². The van der Waals surface area contributed by atoms with E-state index in [0.717, 1.165) is 35.8 Å². The highest BCUT2D eigenvalue weighted by molar-refractivity contribution is 5.47. The van der Waals surface area contributed by atoms with Gasteiger partial charge in [-0.2, -0.15) is 20.2 Å². The summed E-state index contributed by atoms with van der Waals surface area (Å²) < 4.78 is 16.5. The molecule has 0 amide bonds. The largest absolute Gasteiger partial charge is 0.454 e. The highest BCUT2D eigenvalue weighted by Crippen LogP contribution is 2.35. The molecule has 0 unspecified atom stereocenters. The highest BCUT2D eigenvalue weighted by atomic mass is 16.7. The van der Waals surface area contributed by atoms with Crippen molar-refractivity contribution in [3.05, 3.63) is 29.6 Å². The summed E-state index contributed by atoms with van der Waals surface area (Å²) >= 11 is 0. The van der Waals surface area contributed by atoms with Gasteiger partial charge in [0, 0.05) is 25.7 Å². The van der Waals surface area contributed by atoms with Crippen LogP contribution in [0, 0.1) is 17.2 Å². The lowest BCUT2D eigenvalue weighted by atomic mass is 9.84. The molecular weight excluding hydrogens is 420 g/mol. The second kappa shape index (κ2) is 9.79. The Kier molecular flexibility index (Phi) is 6.44. The van der Waals surface area contributed by atoms with Crippen molar-refractivity contribution in [1.29, 1.82) is 5.26 Å². The van der Waals surface area contributed by atoms with Crippen LogP contribution in [0.3, 0.4) is 0 Å². The zero-order valence-electron chi connectivity index (χ0n) is 19.1. The Morgan fingerprint density at radius 3 is 2.61 bits per heavy atom. The second-order valence-corrected chi connectivity index (χ2v) is 8.87. The number of nitriles is 1. The van der Waals surface area contributed by atoms with E-state index in [0.29, 0.717) is 50.8 Å². The summed E-state index contributed by atoms with van der Waals surface area (Å²) in [5.41, 5.74) is 1.10. The Bertz CT molecular complexity index is 1010. The number of nitrogens with zero attached hydrogens (tertiary/aromatic N) is 6. The number of fused-ring (bicyclic) bond motifs is 1. The molecular formula is C24H30N6O3. The molecule has 3 aliphatic rings. The number of hydrogen-bond donors (Lipinski definition) is 0. The molecule has 0 N–H and O–H groups in total. The van der Waals surface area contributed by atoms with Crippen LogP contribution < -0.4 is 19.3 Å². The third kappa shape index (κ3) is 4.81. The number of hydrogen-bond acceptors (Lipinski definition) is 9. The molecule has 2 aliphatic heterocycles. The molecule has 9 heteroatoms. The summed E-state index contributed by atoms with van der Waals surface area (Å²) in [6.45, 7) is 5.84. The highest BCUT2D eigenvalue weighted by Gasteiger charge is 2.29. The number of morpholine rings is 1. The maximum Gasteiger partial charge on any atom is 0.238 e. The van der Waals surface area contributed by atoms with E-state index in [4.69, 9.17) is 19.2 Å². The van der Waals surface area contributed by atoms with Crippen molar-refractivity contribution < 1.29 is 14.2 Å². The van der Waals surface area contributed by atoms with E-state index >= 15 is 0 Å². The molecule has 0 radical (unpaired) electrons. The van der Waals surface area contributed by atoms with Crippen molar-refractivity contribution in [3.8, 4) is 17.6 Å². The van der Waals surface area contributed by atoms with Crippen LogP contribution in [-0.2, 0) is 11.3 Å². The van der Waals surface area contributed by atoms with Gasteiger partial charge in [0.05, 0.1) is 13.2 Å². The summed E-state index contributed by atoms with van der Waals surface area (Å²) in [7, 11) is 0. The van der Waals surface area contributed by atoms with E-state index in [1.165, 1.54) is 19.3 Å². The Labute approximate surface area is 194 Å². The lowest BCUT2D eigenvalue weighted by Gasteiger charge is -2.37. The fourth-order valence-electron chi connectivity index (χ4n) is 4.90. The smallest absolute Gasteiger partial charge is 0.238 e. The quantitative estimate of drug-likeness (QED) is 0.657. The maximum atomic E-state index is 9.64. The van der Waals surface area contributed by atoms with Crippen molar-refractivity contribution in [2.45, 2.75) is 51.6 Å². The minimum atomic E-state index is 0.152. The van der Waals surface area contributed by atoms with Crippen LogP contribution in [0.25, 0.3) is 0 Å². The molecule has 1 saturated carbocycles. The van der Waals surface area contributed by atoms with Crippen LogP contribution in [0.4, 0.5) is 11.9 Å². The van der Waals surface area contributed by atoms with Gasteiger partial charge in [-0.05, 0) is 49.3 Å². The number of rotatable bonds is 6. The standard InChI is InChI=1S/C24H30N6O3/c1-2-17-3-6-19(7-4-17)30(15-18-5-8-20-21(13-18)33-16-32-20)24-27-22(14-25)26-23(28-24)29-9-11-31-12-10-29/h5,8,13,17,19H,2-4,6-7,9-12,15-16H2,1H3. The predicted molar refractivity (Wildman–Crippen MR) is 122 cm³/mol. The monoisotopic (exact) mass is 450 g/mol. The summed E-state index contributed by atoms with van der Waals surface area (Å²) in [5, 5.41) is 9.64. The molecule has 0 bridgehead atoms. The maximum absolute atomic E-state index is 9.64. The molecule has 2 fully saturated rings. The van der Waals surface area contributed by atoms with E-state index in [-0.39, 0.29) is 12.6 Å². The molecule has 174 valence electrons. The molecule has 9 nitrogen and oxygen atoms in total. The third-order valence-corrected chi connectivity index (χ3v) is 6.89. The second-order valence-electron chi connectivity index (χ2n) is 8.87. The van der Waals surface area contributed by atoms with Crippen molar-refractivity contribution >= 4 is 11.9 Å². The van der Waals surface area contributed by atoms with Crippen LogP contribution in [0.5, 0.6) is 11.5 Å². The van der Waals surface area contributed by atoms with Gasteiger partial charge in [0.15, 0.2) is 11.5 Å². The zero-order valence-corrected chi connectivity index (χ0v) is 19.1. The Morgan fingerprint density at radius 1 is 1.06 bits per heavy atom. The molecule has 1 aromatic carbocycles. The third-order valence-electron chi connectivity index (χ3n) is 6.89. The number of benzene rings is 1. The Morgan fingerprint density at radius 2 is 1.85 bits per heavy atom. The fourth-order valence-corrected chi connectivity index (χ4v) is 4.90. The fraction of sp³-hybridized carbons (Fsp3) is 0.583. The van der Waals surface area contributed by atoms with Crippen LogP contribution in [-0.4, -0.2) is 54.1 Å². The van der Waals surface area contributed by atoms with Crippen LogP contribution in [0.2, 0.25) is 0 Å². The molecule has 1 saturated heterocycles. The number of ether oxygens (including phenoxy) is 3. The zero-order chi connectivity index (χ0) is 22.6. The van der Waals surface area contributed by atoms with E-state index in [1.807, 2.05) is 12.1 Å². The molecule has 1 aromatic heterocycles. The Hall–Kier alpha value is -3.12. The SMILES string of the molecule is CCC1CCC(N(Cc2ccc3c(c2)OCO3)c2nc(C#N)nc(N3CCOCC3)n2)CC1.